The number of allylic oxidation sites excluding steroid dienone is 8. The fraction of sp³-hybridized carbons (Fsp3) is 0.387. The van der Waals surface area contributed by atoms with Crippen molar-refractivity contribution in [3.8, 4) is 0 Å². The van der Waals surface area contributed by atoms with Crippen molar-refractivity contribution < 1.29 is 0 Å². The number of nitrogens with two attached hydrogens (primary N) is 2. The van der Waals surface area contributed by atoms with Crippen LogP contribution in [0.2, 0.25) is 0 Å². The second-order valence-corrected chi connectivity index (χ2v) is 8.90. The van der Waals surface area contributed by atoms with Crippen LogP contribution in [0.4, 0.5) is 0 Å². The van der Waals surface area contributed by atoms with Gasteiger partial charge in [-0.3, -0.25) is 4.99 Å². The van der Waals surface area contributed by atoms with E-state index in [1.807, 2.05) is 46.8 Å². The molecule has 1 aromatic carbocycles. The Morgan fingerprint density at radius 2 is 1.53 bits per heavy atom. The van der Waals surface area contributed by atoms with Gasteiger partial charge >= 0.3 is 0 Å². The summed E-state index contributed by atoms with van der Waals surface area (Å²) in [6, 6.07) is 9.05. The molecule has 188 valence electrons. The maximum atomic E-state index is 5.45. The van der Waals surface area contributed by atoms with Crippen molar-refractivity contribution in [3.05, 3.63) is 108 Å². The van der Waals surface area contributed by atoms with Crippen LogP contribution in [-0.4, -0.2) is 11.8 Å². The van der Waals surface area contributed by atoms with Gasteiger partial charge in [0.15, 0.2) is 0 Å². The third-order valence-corrected chi connectivity index (χ3v) is 4.74. The summed E-state index contributed by atoms with van der Waals surface area (Å²) in [5, 5.41) is 0. The zero-order valence-corrected chi connectivity index (χ0v) is 23.2. The first-order valence-electron chi connectivity index (χ1n) is 12.0. The van der Waals surface area contributed by atoms with E-state index in [0.29, 0.717) is 12.0 Å². The zero-order valence-electron chi connectivity index (χ0n) is 23.2. The van der Waals surface area contributed by atoms with Gasteiger partial charge in [0.2, 0.25) is 0 Å². The summed E-state index contributed by atoms with van der Waals surface area (Å²) < 4.78 is 0. The molecule has 34 heavy (non-hydrogen) atoms. The van der Waals surface area contributed by atoms with E-state index < -0.39 is 0 Å². The average molecular weight is 464 g/mol. The Labute approximate surface area is 210 Å². The van der Waals surface area contributed by atoms with Crippen molar-refractivity contribution in [1.82, 2.24) is 0 Å². The number of hydrogen-bond donors (Lipinski definition) is 2. The Hall–Kier alpha value is -2.91. The van der Waals surface area contributed by atoms with Crippen molar-refractivity contribution >= 4 is 5.71 Å². The molecule has 4 N–H and O–H groups in total. The molecule has 0 aliphatic heterocycles. The Kier molecular flexibility index (Phi) is 18.1. The van der Waals surface area contributed by atoms with Crippen molar-refractivity contribution in [3.63, 3.8) is 0 Å². The minimum absolute atomic E-state index is 0.333. The molecule has 3 nitrogen and oxygen atoms in total. The van der Waals surface area contributed by atoms with Gasteiger partial charge < -0.3 is 11.5 Å². The van der Waals surface area contributed by atoms with Crippen molar-refractivity contribution in [2.75, 3.05) is 0 Å². The lowest BCUT2D eigenvalue weighted by atomic mass is 9.98. The SMILES string of the molecule is C=C/C=C(\C=C/N)C(/C)=N/C(C)=C(/CC)C(=C)C(=C)C.CC(C)N.Cc1ccc(C(C)C)cc1. The summed E-state index contributed by atoms with van der Waals surface area (Å²) in [4.78, 5) is 4.66. The van der Waals surface area contributed by atoms with Crippen LogP contribution in [-0.2, 0) is 0 Å². The first kappa shape index (κ1) is 33.3. The van der Waals surface area contributed by atoms with E-state index in [4.69, 9.17) is 11.5 Å². The molecule has 0 fully saturated rings. The predicted molar refractivity (Wildman–Crippen MR) is 156 cm³/mol. The highest BCUT2D eigenvalue weighted by Gasteiger charge is 2.06. The van der Waals surface area contributed by atoms with E-state index in [-0.39, 0.29) is 0 Å². The van der Waals surface area contributed by atoms with Crippen LogP contribution in [0.25, 0.3) is 0 Å². The highest BCUT2D eigenvalue weighted by atomic mass is 14.8. The summed E-state index contributed by atoms with van der Waals surface area (Å²) in [5.74, 6) is 0.653. The molecule has 0 aliphatic rings. The smallest absolute Gasteiger partial charge is 0.0448 e. The first-order valence-corrected chi connectivity index (χ1v) is 12.0. The molecule has 0 spiro atoms. The second-order valence-electron chi connectivity index (χ2n) is 8.90. The van der Waals surface area contributed by atoms with Gasteiger partial charge in [0.25, 0.3) is 0 Å². The number of nitrogens with zero attached hydrogens (tertiary/aromatic N) is 1. The van der Waals surface area contributed by atoms with E-state index in [2.05, 4.69) is 76.7 Å². The topological polar surface area (TPSA) is 64.4 Å². The van der Waals surface area contributed by atoms with E-state index in [9.17, 15) is 0 Å². The van der Waals surface area contributed by atoms with Gasteiger partial charge in [0, 0.05) is 11.4 Å². The van der Waals surface area contributed by atoms with Crippen LogP contribution in [0.15, 0.2) is 101 Å². The van der Waals surface area contributed by atoms with Crippen molar-refractivity contribution in [1.29, 1.82) is 0 Å². The van der Waals surface area contributed by atoms with Crippen LogP contribution in [0.3, 0.4) is 0 Å². The molecule has 0 amide bonds. The van der Waals surface area contributed by atoms with Gasteiger partial charge in [0.05, 0.1) is 0 Å². The molecule has 0 saturated heterocycles. The van der Waals surface area contributed by atoms with Gasteiger partial charge in [0.1, 0.15) is 0 Å². The lowest BCUT2D eigenvalue weighted by Gasteiger charge is -2.11. The number of hydrogen-bond acceptors (Lipinski definition) is 3. The average Bonchev–Trinajstić information content (AvgIpc) is 2.74. The molecule has 3 heteroatoms. The van der Waals surface area contributed by atoms with Crippen molar-refractivity contribution in [2.45, 2.75) is 80.7 Å². The summed E-state index contributed by atoms with van der Waals surface area (Å²) >= 11 is 0. The quantitative estimate of drug-likeness (QED) is 0.300. The molecule has 1 aromatic rings. The van der Waals surface area contributed by atoms with Crippen LogP contribution >= 0.6 is 0 Å². The number of benzene rings is 1. The zero-order chi connectivity index (χ0) is 26.8. The van der Waals surface area contributed by atoms with Gasteiger partial charge in [-0.2, -0.15) is 0 Å². The molecule has 0 atom stereocenters. The molecular weight excluding hydrogens is 414 g/mol. The fourth-order valence-corrected chi connectivity index (χ4v) is 2.81. The number of aliphatic imine (C=N–C) groups is 1. The van der Waals surface area contributed by atoms with Crippen molar-refractivity contribution in [2.24, 2.45) is 16.5 Å². The Morgan fingerprint density at radius 1 is 1.03 bits per heavy atom. The molecule has 0 aliphatic carbocycles. The highest BCUT2D eigenvalue weighted by molar-refractivity contribution is 6.01. The molecule has 1 rings (SSSR count). The minimum Gasteiger partial charge on any atom is -0.405 e. The summed E-state index contributed by atoms with van der Waals surface area (Å²) in [7, 11) is 0. The molecule has 0 heterocycles. The predicted octanol–water partition coefficient (Wildman–Crippen LogP) is 8.32. The summed E-state index contributed by atoms with van der Waals surface area (Å²) in [5.41, 5.74) is 19.2. The normalized spacial score (nSPS) is 12.5. The number of aryl methyl sites for hydroxylation is 1. The lowest BCUT2D eigenvalue weighted by molar-refractivity contribution is 0.834. The first-order chi connectivity index (χ1) is 15.8. The summed E-state index contributed by atoms with van der Waals surface area (Å²) in [6.45, 7) is 30.2. The van der Waals surface area contributed by atoms with Gasteiger partial charge in [-0.25, -0.2) is 0 Å². The summed E-state index contributed by atoms with van der Waals surface area (Å²) in [6.07, 6.45) is 7.80. The van der Waals surface area contributed by atoms with Gasteiger partial charge in [-0.1, -0.05) is 102 Å². The second kappa shape index (κ2) is 18.5. The standard InChI is InChI=1S/C18H26N2.C10H14.C3H9N/c1-8-10-17(11-12-19)15(6)20-16(7)18(9-2)14(5)13(3)4;1-8(2)10-6-4-9(3)5-7-10;1-3(2)4/h8,10-12H,1,3,5,9,19H2,2,4,6-7H3;4-8H,1-3H3;3H,4H2,1-2H3/b12-11-,17-10+,18-16-,20-15+;;. The maximum absolute atomic E-state index is 5.45. The van der Waals surface area contributed by atoms with Gasteiger partial charge in [-0.05, 0) is 80.6 Å². The fourth-order valence-electron chi connectivity index (χ4n) is 2.81. The molecule has 0 unspecified atom stereocenters. The third kappa shape index (κ3) is 15.0. The Morgan fingerprint density at radius 3 is 1.88 bits per heavy atom. The largest absolute Gasteiger partial charge is 0.405 e. The molecule has 0 saturated carbocycles. The number of rotatable bonds is 8. The molecule has 0 bridgehead atoms. The van der Waals surface area contributed by atoms with E-state index in [0.717, 1.165) is 40.1 Å². The minimum atomic E-state index is 0.333. The Bertz CT molecular complexity index is 886. The molecule has 0 radical (unpaired) electrons. The van der Waals surface area contributed by atoms with E-state index >= 15 is 0 Å². The van der Waals surface area contributed by atoms with E-state index in [1.54, 1.807) is 6.08 Å². The molecular formula is C31H49N3. The third-order valence-electron chi connectivity index (χ3n) is 4.74. The maximum Gasteiger partial charge on any atom is 0.0448 e. The van der Waals surface area contributed by atoms with Crippen LogP contribution < -0.4 is 11.5 Å². The monoisotopic (exact) mass is 463 g/mol. The van der Waals surface area contributed by atoms with Crippen LogP contribution in [0.1, 0.15) is 78.9 Å². The molecule has 0 aromatic heterocycles. The Balaban J connectivity index is 0. The lowest BCUT2D eigenvalue weighted by Crippen LogP contribution is -2.06. The van der Waals surface area contributed by atoms with Gasteiger partial charge in [-0.15, -0.1) is 0 Å². The van der Waals surface area contributed by atoms with Crippen LogP contribution in [0, 0.1) is 6.92 Å². The van der Waals surface area contributed by atoms with Crippen LogP contribution in [0.5, 0.6) is 0 Å². The highest BCUT2D eigenvalue weighted by Crippen LogP contribution is 2.23. The van der Waals surface area contributed by atoms with E-state index in [1.165, 1.54) is 17.3 Å².